The molecular formula is C12H17N3O2. The summed E-state index contributed by atoms with van der Waals surface area (Å²) in [5, 5.41) is 9.14. The van der Waals surface area contributed by atoms with Crippen molar-refractivity contribution in [3.05, 3.63) is 23.9 Å². The zero-order valence-electron chi connectivity index (χ0n) is 9.67. The molecule has 0 aliphatic carbocycles. The number of aromatic nitrogens is 1. The molecule has 1 unspecified atom stereocenters. The van der Waals surface area contributed by atoms with E-state index in [1.54, 1.807) is 17.0 Å². The molecule has 1 fully saturated rings. The molecule has 0 radical (unpaired) electrons. The van der Waals surface area contributed by atoms with Crippen LogP contribution in [0.1, 0.15) is 23.2 Å². The number of nitrogens with two attached hydrogens (primary N) is 1. The average Bonchev–Trinajstić information content (AvgIpc) is 2.38. The van der Waals surface area contributed by atoms with Gasteiger partial charge < -0.3 is 15.7 Å². The maximum atomic E-state index is 12.2. The maximum Gasteiger partial charge on any atom is 0.254 e. The third kappa shape index (κ3) is 2.74. The first kappa shape index (κ1) is 11.9. The highest BCUT2D eigenvalue weighted by Crippen LogP contribution is 2.18. The lowest BCUT2D eigenvalue weighted by Gasteiger charge is -2.31. The maximum absolute atomic E-state index is 12.2. The van der Waals surface area contributed by atoms with E-state index < -0.39 is 0 Å². The molecule has 3 N–H and O–H groups in total. The van der Waals surface area contributed by atoms with E-state index in [2.05, 4.69) is 4.98 Å². The van der Waals surface area contributed by atoms with E-state index in [9.17, 15) is 4.79 Å². The molecule has 2 heterocycles. The Balaban J connectivity index is 2.09. The number of aliphatic hydroxyl groups excluding tert-OH is 1. The van der Waals surface area contributed by atoms with Crippen molar-refractivity contribution in [3.8, 4) is 0 Å². The van der Waals surface area contributed by atoms with Crippen molar-refractivity contribution in [2.75, 3.05) is 25.4 Å². The number of nitrogen functional groups attached to an aromatic ring is 1. The molecule has 0 bridgehead atoms. The fourth-order valence-corrected chi connectivity index (χ4v) is 2.16. The summed E-state index contributed by atoms with van der Waals surface area (Å²) in [5.74, 6) is 0.524. The Labute approximate surface area is 100 Å². The first-order valence-electron chi connectivity index (χ1n) is 5.82. The number of pyridine rings is 1. The second kappa shape index (κ2) is 5.14. The van der Waals surface area contributed by atoms with Crippen LogP contribution in [0.5, 0.6) is 0 Å². The topological polar surface area (TPSA) is 79.5 Å². The van der Waals surface area contributed by atoms with Gasteiger partial charge in [0.25, 0.3) is 5.91 Å². The van der Waals surface area contributed by atoms with Crippen LogP contribution in [0.15, 0.2) is 18.3 Å². The number of rotatable bonds is 2. The van der Waals surface area contributed by atoms with Crippen LogP contribution >= 0.6 is 0 Å². The van der Waals surface area contributed by atoms with Gasteiger partial charge in [0.1, 0.15) is 5.82 Å². The minimum absolute atomic E-state index is 0.0303. The highest BCUT2D eigenvalue weighted by Gasteiger charge is 2.23. The Morgan fingerprint density at radius 2 is 2.47 bits per heavy atom. The van der Waals surface area contributed by atoms with Crippen molar-refractivity contribution in [2.45, 2.75) is 12.8 Å². The van der Waals surface area contributed by atoms with Crippen LogP contribution in [0, 0.1) is 5.92 Å². The Kier molecular flexibility index (Phi) is 3.58. The third-order valence-electron chi connectivity index (χ3n) is 3.09. The van der Waals surface area contributed by atoms with E-state index in [-0.39, 0.29) is 18.4 Å². The molecule has 1 aromatic heterocycles. The number of nitrogens with zero attached hydrogens (tertiary/aromatic N) is 2. The highest BCUT2D eigenvalue weighted by atomic mass is 16.3. The van der Waals surface area contributed by atoms with Gasteiger partial charge >= 0.3 is 0 Å². The summed E-state index contributed by atoms with van der Waals surface area (Å²) in [5.41, 5.74) is 6.12. The lowest BCUT2D eigenvalue weighted by Crippen LogP contribution is -2.40. The summed E-state index contributed by atoms with van der Waals surface area (Å²) >= 11 is 0. The Morgan fingerprint density at radius 3 is 3.18 bits per heavy atom. The third-order valence-corrected chi connectivity index (χ3v) is 3.09. The standard InChI is InChI=1S/C12H17N3O2/c13-11-6-10(3-4-14-11)12(17)15-5-1-2-9(7-15)8-16/h3-4,6,9,16H,1-2,5,7-8H2,(H2,13,14). The number of carbonyl (C=O) groups is 1. The summed E-state index contributed by atoms with van der Waals surface area (Å²) in [4.78, 5) is 17.8. The largest absolute Gasteiger partial charge is 0.396 e. The summed E-state index contributed by atoms with van der Waals surface area (Å²) < 4.78 is 0. The number of piperidine rings is 1. The first-order valence-corrected chi connectivity index (χ1v) is 5.82. The predicted molar refractivity (Wildman–Crippen MR) is 64.4 cm³/mol. The lowest BCUT2D eigenvalue weighted by atomic mass is 9.98. The quantitative estimate of drug-likeness (QED) is 0.782. The number of likely N-dealkylation sites (tertiary alicyclic amines) is 1. The van der Waals surface area contributed by atoms with Crippen molar-refractivity contribution >= 4 is 11.7 Å². The molecule has 5 nitrogen and oxygen atoms in total. The van der Waals surface area contributed by atoms with Crippen molar-refractivity contribution in [1.29, 1.82) is 0 Å². The number of amides is 1. The van der Waals surface area contributed by atoms with Gasteiger partial charge in [-0.3, -0.25) is 4.79 Å². The molecule has 0 spiro atoms. The Morgan fingerprint density at radius 1 is 1.65 bits per heavy atom. The molecule has 2 rings (SSSR count). The van der Waals surface area contributed by atoms with Crippen molar-refractivity contribution in [3.63, 3.8) is 0 Å². The molecule has 1 aliphatic heterocycles. The van der Waals surface area contributed by atoms with Crippen LogP contribution in [0.4, 0.5) is 5.82 Å². The minimum Gasteiger partial charge on any atom is -0.396 e. The number of hydrogen-bond donors (Lipinski definition) is 2. The summed E-state index contributed by atoms with van der Waals surface area (Å²) in [7, 11) is 0. The van der Waals surface area contributed by atoms with E-state index in [4.69, 9.17) is 10.8 Å². The molecular weight excluding hydrogens is 218 g/mol. The molecule has 1 atom stereocenters. The smallest absolute Gasteiger partial charge is 0.254 e. The summed E-state index contributed by atoms with van der Waals surface area (Å²) in [6.07, 6.45) is 3.46. The normalized spacial score (nSPS) is 20.3. The van der Waals surface area contributed by atoms with Gasteiger partial charge in [-0.25, -0.2) is 4.98 Å². The van der Waals surface area contributed by atoms with Crippen molar-refractivity contribution in [2.24, 2.45) is 5.92 Å². The van der Waals surface area contributed by atoms with Crippen LogP contribution in [-0.2, 0) is 0 Å². The molecule has 1 aliphatic rings. The number of carbonyl (C=O) groups excluding carboxylic acids is 1. The molecule has 92 valence electrons. The second-order valence-electron chi connectivity index (χ2n) is 4.41. The molecule has 0 saturated carbocycles. The zero-order valence-corrected chi connectivity index (χ0v) is 9.67. The minimum atomic E-state index is -0.0303. The van der Waals surface area contributed by atoms with Gasteiger partial charge in [0.2, 0.25) is 0 Å². The molecule has 17 heavy (non-hydrogen) atoms. The van der Waals surface area contributed by atoms with Crippen molar-refractivity contribution in [1.82, 2.24) is 9.88 Å². The Bertz CT molecular complexity index is 408. The van der Waals surface area contributed by atoms with Crippen LogP contribution < -0.4 is 5.73 Å². The number of aliphatic hydroxyl groups is 1. The Hall–Kier alpha value is -1.62. The average molecular weight is 235 g/mol. The van der Waals surface area contributed by atoms with Crippen LogP contribution in [0.3, 0.4) is 0 Å². The summed E-state index contributed by atoms with van der Waals surface area (Å²) in [6, 6.07) is 3.26. The van der Waals surface area contributed by atoms with Gasteiger partial charge in [0, 0.05) is 31.5 Å². The number of hydrogen-bond acceptors (Lipinski definition) is 4. The van der Waals surface area contributed by atoms with Gasteiger partial charge in [-0.05, 0) is 30.9 Å². The van der Waals surface area contributed by atoms with Gasteiger partial charge in [-0.1, -0.05) is 0 Å². The molecule has 1 aromatic rings. The number of anilines is 1. The van der Waals surface area contributed by atoms with Crippen LogP contribution in [0.2, 0.25) is 0 Å². The summed E-state index contributed by atoms with van der Waals surface area (Å²) in [6.45, 7) is 1.51. The van der Waals surface area contributed by atoms with E-state index >= 15 is 0 Å². The molecule has 5 heteroatoms. The second-order valence-corrected chi connectivity index (χ2v) is 4.41. The molecule has 1 amide bonds. The first-order chi connectivity index (χ1) is 8.20. The molecule has 1 saturated heterocycles. The van der Waals surface area contributed by atoms with Gasteiger partial charge in [-0.2, -0.15) is 0 Å². The predicted octanol–water partition coefficient (Wildman–Crippen LogP) is 0.508. The van der Waals surface area contributed by atoms with Crippen molar-refractivity contribution < 1.29 is 9.90 Å². The van der Waals surface area contributed by atoms with E-state index in [1.165, 1.54) is 6.20 Å². The van der Waals surface area contributed by atoms with Gasteiger partial charge in [0.05, 0.1) is 0 Å². The van der Waals surface area contributed by atoms with Gasteiger partial charge in [-0.15, -0.1) is 0 Å². The highest BCUT2D eigenvalue weighted by molar-refractivity contribution is 5.94. The fourth-order valence-electron chi connectivity index (χ4n) is 2.16. The van der Waals surface area contributed by atoms with E-state index in [0.29, 0.717) is 17.9 Å². The van der Waals surface area contributed by atoms with E-state index in [0.717, 1.165) is 19.4 Å². The monoisotopic (exact) mass is 235 g/mol. The molecule has 0 aromatic carbocycles. The zero-order chi connectivity index (χ0) is 12.3. The lowest BCUT2D eigenvalue weighted by molar-refractivity contribution is 0.0620. The SMILES string of the molecule is Nc1cc(C(=O)N2CCCC(CO)C2)ccn1. The fraction of sp³-hybridized carbons (Fsp3) is 0.500. The van der Waals surface area contributed by atoms with Crippen LogP contribution in [-0.4, -0.2) is 40.6 Å². The van der Waals surface area contributed by atoms with Crippen LogP contribution in [0.25, 0.3) is 0 Å². The van der Waals surface area contributed by atoms with Gasteiger partial charge in [0.15, 0.2) is 0 Å². The van der Waals surface area contributed by atoms with E-state index in [1.807, 2.05) is 0 Å².